The first-order valence-electron chi connectivity index (χ1n) is 15.8. The van der Waals surface area contributed by atoms with Gasteiger partial charge < -0.3 is 24.1 Å². The number of ether oxygens (including phenoxy) is 4. The maximum absolute atomic E-state index is 14.3. The number of para-hydroxylation sites is 2. The van der Waals surface area contributed by atoms with E-state index in [1.54, 1.807) is 12.1 Å². The van der Waals surface area contributed by atoms with Gasteiger partial charge in [-0.15, -0.1) is 0 Å². The van der Waals surface area contributed by atoms with Gasteiger partial charge in [0.05, 0.1) is 48.8 Å². The number of rotatable bonds is 17. The van der Waals surface area contributed by atoms with Crippen molar-refractivity contribution in [3.8, 4) is 17.2 Å². The predicted molar refractivity (Wildman–Crippen MR) is 187 cm³/mol. The molecule has 5 aromatic rings. The normalized spacial score (nSPS) is 12.6. The number of hydrogen-bond acceptors (Lipinski definition) is 13. The van der Waals surface area contributed by atoms with Crippen molar-refractivity contribution >= 4 is 53.6 Å². The highest BCUT2D eigenvalue weighted by Gasteiger charge is 2.31. The van der Waals surface area contributed by atoms with Crippen LogP contribution in [-0.2, 0) is 50.7 Å². The van der Waals surface area contributed by atoms with Crippen LogP contribution < -0.4 is 14.2 Å². The van der Waals surface area contributed by atoms with E-state index in [2.05, 4.69) is 9.97 Å². The zero-order valence-electron chi connectivity index (χ0n) is 28.5. The van der Waals surface area contributed by atoms with Gasteiger partial charge in [0.1, 0.15) is 12.4 Å². The highest BCUT2D eigenvalue weighted by atomic mass is 32.2. The highest BCUT2D eigenvalue weighted by Crippen LogP contribution is 2.34. The Kier molecular flexibility index (Phi) is 12.5. The molecular formula is C34H30F3N3O12S3. The fourth-order valence-corrected chi connectivity index (χ4v) is 9.05. The van der Waals surface area contributed by atoms with Crippen LogP contribution >= 0.6 is 0 Å². The molecule has 0 aliphatic carbocycles. The van der Waals surface area contributed by atoms with Crippen LogP contribution in [0.5, 0.6) is 17.2 Å². The average molecular weight is 826 g/mol. The Labute approximate surface area is 314 Å². The van der Waals surface area contributed by atoms with Crippen LogP contribution in [0, 0.1) is 6.92 Å². The van der Waals surface area contributed by atoms with Crippen molar-refractivity contribution in [2.45, 2.75) is 33.8 Å². The molecule has 1 atom stereocenters. The van der Waals surface area contributed by atoms with Gasteiger partial charge in [-0.05, 0) is 49.4 Å². The van der Waals surface area contributed by atoms with Crippen LogP contribution in [0.4, 0.5) is 13.2 Å². The smallest absolute Gasteiger partial charge is 0.422 e. The summed E-state index contributed by atoms with van der Waals surface area (Å²) in [5, 5.41) is 8.67. The number of carboxylic acid groups (broad SMARTS) is 1. The van der Waals surface area contributed by atoms with Crippen LogP contribution in [0.2, 0.25) is 0 Å². The Balaban J connectivity index is 1.42. The number of sulfone groups is 1. The molecule has 2 heterocycles. The Bertz CT molecular complexity index is 2460. The largest absolute Gasteiger partial charge is 0.484 e. The van der Waals surface area contributed by atoms with Crippen molar-refractivity contribution in [3.63, 3.8) is 0 Å². The second-order valence-electron chi connectivity index (χ2n) is 11.4. The van der Waals surface area contributed by atoms with Crippen LogP contribution in [0.1, 0.15) is 11.3 Å². The number of alkyl halides is 3. The number of halogens is 3. The van der Waals surface area contributed by atoms with Crippen molar-refractivity contribution in [2.24, 2.45) is 0 Å². The molecule has 292 valence electrons. The molecule has 3 aromatic carbocycles. The van der Waals surface area contributed by atoms with E-state index in [1.165, 1.54) is 55.5 Å². The number of hydrogen-bond donors (Lipinski definition) is 1. The number of carboxylic acids is 1. The van der Waals surface area contributed by atoms with Gasteiger partial charge in [-0.3, -0.25) is 9.19 Å². The fourth-order valence-electron chi connectivity index (χ4n) is 4.88. The number of esters is 1. The molecule has 0 radical (unpaired) electrons. The molecule has 5 rings (SSSR count). The standard InChI is InChI=1S/C34H30F3N3O12S3/c1-22-26(38-14-13-28(22)52-21-34(35,36)37)20-53(44)33-39-25-9-5-6-10-27(25)40(33)55(47,48)24-11-12-29(50-18-31(41)42)30(17-24)51-19-32(43)49-15-16-54(45,46)23-7-3-2-4-8-23/h2-14,17H,15-16,18-21H2,1H3,(H,41,42). The van der Waals surface area contributed by atoms with Crippen LogP contribution in [-0.4, -0.2) is 90.4 Å². The summed E-state index contributed by atoms with van der Waals surface area (Å²) < 4.78 is 127. The minimum absolute atomic E-state index is 0.000460. The summed E-state index contributed by atoms with van der Waals surface area (Å²) in [6.45, 7) is -2.47. The van der Waals surface area contributed by atoms with Crippen molar-refractivity contribution in [3.05, 3.63) is 96.3 Å². The van der Waals surface area contributed by atoms with Gasteiger partial charge in [0.25, 0.3) is 10.0 Å². The molecular weight excluding hydrogens is 796 g/mol. The summed E-state index contributed by atoms with van der Waals surface area (Å²) in [4.78, 5) is 31.6. The molecule has 0 aliphatic heterocycles. The van der Waals surface area contributed by atoms with Gasteiger partial charge in [-0.25, -0.2) is 35.4 Å². The maximum atomic E-state index is 14.3. The number of aliphatic carboxylic acids is 1. The highest BCUT2D eigenvalue weighted by molar-refractivity contribution is 7.91. The number of aromatic nitrogens is 3. The molecule has 0 spiro atoms. The number of fused-ring (bicyclic) bond motifs is 1. The molecule has 0 saturated heterocycles. The van der Waals surface area contributed by atoms with Crippen molar-refractivity contribution in [1.29, 1.82) is 0 Å². The monoisotopic (exact) mass is 825 g/mol. The third-order valence-electron chi connectivity index (χ3n) is 7.48. The number of nitrogens with zero attached hydrogens (tertiary/aromatic N) is 3. The van der Waals surface area contributed by atoms with E-state index in [0.29, 0.717) is 3.97 Å². The van der Waals surface area contributed by atoms with Gasteiger partial charge >= 0.3 is 18.1 Å². The second-order valence-corrected chi connectivity index (χ2v) is 16.6. The van der Waals surface area contributed by atoms with Crippen molar-refractivity contribution < 1.29 is 67.9 Å². The van der Waals surface area contributed by atoms with E-state index in [4.69, 9.17) is 24.1 Å². The van der Waals surface area contributed by atoms with E-state index in [1.807, 2.05) is 0 Å². The average Bonchev–Trinajstić information content (AvgIpc) is 3.54. The van der Waals surface area contributed by atoms with Gasteiger partial charge in [0.2, 0.25) is 5.16 Å². The predicted octanol–water partition coefficient (Wildman–Crippen LogP) is 4.08. The lowest BCUT2D eigenvalue weighted by atomic mass is 10.2. The molecule has 0 fully saturated rings. The zero-order valence-corrected chi connectivity index (χ0v) is 30.9. The first kappa shape index (κ1) is 40.6. The van der Waals surface area contributed by atoms with E-state index >= 15 is 0 Å². The zero-order chi connectivity index (χ0) is 40.0. The van der Waals surface area contributed by atoms with Crippen LogP contribution in [0.25, 0.3) is 11.0 Å². The molecule has 0 aliphatic rings. The second kappa shape index (κ2) is 16.9. The Morgan fingerprint density at radius 3 is 2.25 bits per heavy atom. The number of pyridine rings is 1. The van der Waals surface area contributed by atoms with Crippen molar-refractivity contribution in [1.82, 2.24) is 13.9 Å². The molecule has 0 bridgehead atoms. The SMILES string of the molecule is Cc1c(OCC(F)(F)F)ccnc1CS(=O)c1nc2ccccc2n1S(=O)(=O)c1ccc(OCC(=O)O)c(OCC(=O)OCCS(=O)(=O)c2ccccc2)c1. The minimum Gasteiger partial charge on any atom is -0.484 e. The molecule has 1 N–H and O–H groups in total. The molecule has 21 heteroatoms. The minimum atomic E-state index is -4.74. The topological polar surface area (TPSA) is 207 Å². The van der Waals surface area contributed by atoms with E-state index in [9.17, 15) is 43.8 Å². The number of benzene rings is 3. The fraction of sp³-hybridized carbons (Fsp3) is 0.235. The summed E-state index contributed by atoms with van der Waals surface area (Å²) in [5.74, 6) is -4.32. The first-order chi connectivity index (χ1) is 26.0. The van der Waals surface area contributed by atoms with E-state index in [0.717, 1.165) is 24.4 Å². The van der Waals surface area contributed by atoms with E-state index in [-0.39, 0.29) is 38.7 Å². The lowest BCUT2D eigenvalue weighted by Crippen LogP contribution is -2.21. The van der Waals surface area contributed by atoms with Gasteiger partial charge in [-0.1, -0.05) is 30.3 Å². The summed E-state index contributed by atoms with van der Waals surface area (Å²) >= 11 is 0. The summed E-state index contributed by atoms with van der Waals surface area (Å²) in [7, 11) is -10.8. The van der Waals surface area contributed by atoms with Crippen molar-refractivity contribution in [2.75, 3.05) is 32.2 Å². The lowest BCUT2D eigenvalue weighted by molar-refractivity contribution is -0.153. The molecule has 2 aromatic heterocycles. The quantitative estimate of drug-likeness (QED) is 0.131. The molecule has 55 heavy (non-hydrogen) atoms. The van der Waals surface area contributed by atoms with Crippen LogP contribution in [0.3, 0.4) is 0 Å². The first-order valence-corrected chi connectivity index (χ1v) is 20.2. The number of carbonyl (C=O) groups excluding carboxylic acids is 1. The van der Waals surface area contributed by atoms with Gasteiger partial charge in [0, 0.05) is 17.8 Å². The van der Waals surface area contributed by atoms with Gasteiger partial charge in [-0.2, -0.15) is 13.2 Å². The third kappa shape index (κ3) is 10.2. The van der Waals surface area contributed by atoms with Gasteiger partial charge in [0.15, 0.2) is 41.2 Å². The molecule has 1 unspecified atom stereocenters. The lowest BCUT2D eigenvalue weighted by Gasteiger charge is -2.15. The molecule has 0 saturated carbocycles. The Morgan fingerprint density at radius 2 is 1.55 bits per heavy atom. The summed E-state index contributed by atoms with van der Waals surface area (Å²) in [6, 6.07) is 17.6. The summed E-state index contributed by atoms with van der Waals surface area (Å²) in [6.07, 6.45) is -3.47. The number of imidazole rings is 1. The molecule has 0 amide bonds. The summed E-state index contributed by atoms with van der Waals surface area (Å²) in [5.41, 5.74) is 0.312. The maximum Gasteiger partial charge on any atom is 0.422 e. The third-order valence-corrected chi connectivity index (χ3v) is 12.2. The van der Waals surface area contributed by atoms with E-state index < -0.39 is 103 Å². The Hall–Kier alpha value is -5.54. The molecule has 15 nitrogen and oxygen atoms in total. The Morgan fingerprint density at radius 1 is 0.855 bits per heavy atom. The van der Waals surface area contributed by atoms with Crippen LogP contribution in [0.15, 0.2) is 100 Å². The number of carbonyl (C=O) groups is 2.